The summed E-state index contributed by atoms with van der Waals surface area (Å²) in [5.74, 6) is -1.94. The van der Waals surface area contributed by atoms with E-state index < -0.39 is 29.7 Å². The van der Waals surface area contributed by atoms with Crippen molar-refractivity contribution >= 4 is 52.5 Å². The van der Waals surface area contributed by atoms with Crippen LogP contribution in [0.3, 0.4) is 0 Å². The van der Waals surface area contributed by atoms with Crippen LogP contribution in [0.5, 0.6) is 5.75 Å². The number of aromatic nitrogens is 3. The Hall–Kier alpha value is -6.16. The third-order valence-corrected chi connectivity index (χ3v) is 12.7. The highest BCUT2D eigenvalue weighted by Crippen LogP contribution is 2.39. The van der Waals surface area contributed by atoms with Gasteiger partial charge in [-0.1, -0.05) is 0 Å². The number of rotatable bonds is 9. The molecule has 3 fully saturated rings. The molecule has 4 aromatic rings. The number of carbonyl (C=O) groups excluding carboxylic acids is 6. The molecule has 6 amide bonds. The fourth-order valence-corrected chi connectivity index (χ4v) is 9.55. The highest BCUT2D eigenvalue weighted by Gasteiger charge is 2.45. The molecule has 0 radical (unpaired) electrons. The molecular formula is C43H47N9O7. The maximum Gasteiger partial charge on any atom is 0.262 e. The van der Waals surface area contributed by atoms with Gasteiger partial charge in [-0.3, -0.25) is 39.0 Å². The van der Waals surface area contributed by atoms with Gasteiger partial charge in [-0.2, -0.15) is 5.10 Å². The lowest BCUT2D eigenvalue weighted by Gasteiger charge is -2.44. The van der Waals surface area contributed by atoms with E-state index in [0.29, 0.717) is 52.4 Å². The highest BCUT2D eigenvalue weighted by atomic mass is 16.5. The second-order valence-electron chi connectivity index (χ2n) is 16.5. The predicted molar refractivity (Wildman–Crippen MR) is 215 cm³/mol. The van der Waals surface area contributed by atoms with Gasteiger partial charge in [0.15, 0.2) is 5.65 Å². The van der Waals surface area contributed by atoms with Crippen LogP contribution in [0.15, 0.2) is 55.0 Å². The van der Waals surface area contributed by atoms with Gasteiger partial charge in [-0.05, 0) is 108 Å². The first-order valence-corrected chi connectivity index (χ1v) is 20.5. The molecule has 59 heavy (non-hydrogen) atoms. The Morgan fingerprint density at radius 2 is 1.64 bits per heavy atom. The molecule has 16 nitrogen and oxygen atoms in total. The minimum Gasteiger partial charge on any atom is -0.489 e. The average molecular weight is 802 g/mol. The molecule has 0 bridgehead atoms. The number of hydrogen-bond acceptors (Lipinski definition) is 11. The molecule has 1 aliphatic carbocycles. The Bertz CT molecular complexity index is 2400. The summed E-state index contributed by atoms with van der Waals surface area (Å²) < 4.78 is 7.66. The third kappa shape index (κ3) is 6.98. The lowest BCUT2D eigenvalue weighted by molar-refractivity contribution is -0.136. The Morgan fingerprint density at radius 1 is 0.898 bits per heavy atom. The summed E-state index contributed by atoms with van der Waals surface area (Å²) in [6, 6.07) is 10.6. The molecule has 2 aromatic carbocycles. The monoisotopic (exact) mass is 801 g/mol. The second kappa shape index (κ2) is 15.2. The molecule has 6 heterocycles. The normalized spacial score (nSPS) is 22.4. The van der Waals surface area contributed by atoms with Crippen LogP contribution in [0.25, 0.3) is 5.65 Å². The van der Waals surface area contributed by atoms with Crippen LogP contribution < -0.4 is 20.3 Å². The predicted octanol–water partition coefficient (Wildman–Crippen LogP) is 4.04. The van der Waals surface area contributed by atoms with Gasteiger partial charge in [0.1, 0.15) is 17.4 Å². The average Bonchev–Trinajstić information content (AvgIpc) is 3.88. The van der Waals surface area contributed by atoms with Gasteiger partial charge in [-0.15, -0.1) is 0 Å². The molecule has 2 saturated heterocycles. The summed E-state index contributed by atoms with van der Waals surface area (Å²) in [4.78, 5) is 90.1. The molecule has 4 aliphatic heterocycles. The third-order valence-electron chi connectivity index (χ3n) is 12.7. The van der Waals surface area contributed by atoms with E-state index in [1.165, 1.54) is 6.20 Å². The number of amides is 6. The zero-order chi connectivity index (χ0) is 41.1. The van der Waals surface area contributed by atoms with E-state index in [1.807, 2.05) is 30.9 Å². The molecule has 1 atom stereocenters. The topological polar surface area (TPSA) is 179 Å². The smallest absolute Gasteiger partial charge is 0.262 e. The zero-order valence-electron chi connectivity index (χ0n) is 33.3. The van der Waals surface area contributed by atoms with Gasteiger partial charge >= 0.3 is 0 Å². The number of fused-ring (bicyclic) bond motifs is 3. The quantitative estimate of drug-likeness (QED) is 0.234. The van der Waals surface area contributed by atoms with Crippen LogP contribution >= 0.6 is 0 Å². The van der Waals surface area contributed by atoms with Gasteiger partial charge in [0.05, 0.1) is 29.1 Å². The highest BCUT2D eigenvalue weighted by molar-refractivity contribution is 6.23. The Kier molecular flexibility index (Phi) is 9.89. The largest absolute Gasteiger partial charge is 0.489 e. The van der Waals surface area contributed by atoms with Gasteiger partial charge in [0, 0.05) is 67.8 Å². The van der Waals surface area contributed by atoms with Crippen molar-refractivity contribution in [3.8, 4) is 5.75 Å². The van der Waals surface area contributed by atoms with Crippen LogP contribution in [0.2, 0.25) is 0 Å². The van der Waals surface area contributed by atoms with Gasteiger partial charge in [0.2, 0.25) is 11.8 Å². The Balaban J connectivity index is 0.800. The molecule has 5 aliphatic rings. The van der Waals surface area contributed by atoms with E-state index in [9.17, 15) is 28.8 Å². The first-order chi connectivity index (χ1) is 28.4. The van der Waals surface area contributed by atoms with Crippen molar-refractivity contribution < 1.29 is 33.5 Å². The number of piperidine rings is 2. The number of carbonyl (C=O) groups is 6. The van der Waals surface area contributed by atoms with Crippen molar-refractivity contribution in [1.29, 1.82) is 0 Å². The van der Waals surface area contributed by atoms with Crippen molar-refractivity contribution in [1.82, 2.24) is 34.6 Å². The molecule has 9 rings (SSSR count). The molecule has 1 saturated carbocycles. The minimum absolute atomic E-state index is 0.0104. The number of anilines is 2. The molecule has 2 N–H and O–H groups in total. The molecule has 306 valence electrons. The molecule has 2 aromatic heterocycles. The van der Waals surface area contributed by atoms with Crippen molar-refractivity contribution in [2.75, 3.05) is 30.4 Å². The summed E-state index contributed by atoms with van der Waals surface area (Å²) in [5, 5.41) is 9.48. The van der Waals surface area contributed by atoms with Crippen LogP contribution in [-0.4, -0.2) is 115 Å². The number of nitrogens with zero attached hydrogens (tertiary/aromatic N) is 7. The fraction of sp³-hybridized carbons (Fsp3) is 0.442. The fourth-order valence-electron chi connectivity index (χ4n) is 9.55. The summed E-state index contributed by atoms with van der Waals surface area (Å²) in [6.07, 6.45) is 10.5. The SMILES string of the molecule is CC(C)Oc1cc2c(cc1NC(=O)c1cnn3cccnc13)CN(C1CCC(N(C)C3CCN(c4ccc5c(c4)C(=O)N(C4CCC(=O)NC4=O)C5=O)CC3)CC1)C2=O. The lowest BCUT2D eigenvalue weighted by atomic mass is 9.88. The van der Waals surface area contributed by atoms with Crippen molar-refractivity contribution in [3.05, 3.63) is 82.8 Å². The summed E-state index contributed by atoms with van der Waals surface area (Å²) in [7, 11) is 2.21. The van der Waals surface area contributed by atoms with E-state index in [2.05, 4.69) is 37.6 Å². The lowest BCUT2D eigenvalue weighted by Crippen LogP contribution is -2.54. The number of ether oxygens (including phenoxy) is 1. The molecule has 16 heteroatoms. The zero-order valence-corrected chi connectivity index (χ0v) is 33.3. The molecular weight excluding hydrogens is 755 g/mol. The number of nitrogens with one attached hydrogen (secondary N) is 2. The summed E-state index contributed by atoms with van der Waals surface area (Å²) in [6.45, 7) is 5.87. The first-order valence-electron chi connectivity index (χ1n) is 20.5. The summed E-state index contributed by atoms with van der Waals surface area (Å²) in [5.41, 5.74) is 4.19. The molecule has 0 spiro atoms. The van der Waals surface area contributed by atoms with Gasteiger partial charge < -0.3 is 24.8 Å². The van der Waals surface area contributed by atoms with Gasteiger partial charge in [-0.25, -0.2) is 9.50 Å². The number of imide groups is 2. The van der Waals surface area contributed by atoms with E-state index in [4.69, 9.17) is 4.74 Å². The van der Waals surface area contributed by atoms with Crippen LogP contribution in [-0.2, 0) is 16.1 Å². The first kappa shape index (κ1) is 38.4. The standard InChI is InChI=1S/C43H47N9O7/c1-24(2)59-36-21-31-25(19-34(36)46-39(54)33-22-45-51-16-4-15-44-38(33)51)23-50(41(31)56)28-7-5-26(6-8-28)48(3)27-13-17-49(18-14-27)29-9-10-30-32(20-29)43(58)52(42(30)57)35-11-12-37(53)47-40(35)55/h4,9-10,15-16,19-22,24,26-28,35H,5-8,11-14,17-18,23H2,1-3H3,(H,46,54)(H,47,53,55). The van der Waals surface area contributed by atoms with Gasteiger partial charge in [0.25, 0.3) is 23.6 Å². The second-order valence-corrected chi connectivity index (χ2v) is 16.5. The van der Waals surface area contributed by atoms with Crippen LogP contribution in [0.1, 0.15) is 112 Å². The maximum absolute atomic E-state index is 13.9. The van der Waals surface area contributed by atoms with E-state index >= 15 is 0 Å². The maximum atomic E-state index is 13.9. The van der Waals surface area contributed by atoms with E-state index in [-0.39, 0.29) is 42.4 Å². The van der Waals surface area contributed by atoms with Crippen LogP contribution in [0.4, 0.5) is 11.4 Å². The Morgan fingerprint density at radius 3 is 2.39 bits per heavy atom. The van der Waals surface area contributed by atoms with Crippen molar-refractivity contribution in [2.45, 2.75) is 102 Å². The minimum atomic E-state index is -0.988. The number of hydrogen-bond donors (Lipinski definition) is 2. The van der Waals surface area contributed by atoms with E-state index in [0.717, 1.165) is 67.8 Å². The Labute approximate surface area is 340 Å². The summed E-state index contributed by atoms with van der Waals surface area (Å²) >= 11 is 0. The molecule has 1 unspecified atom stereocenters. The van der Waals surface area contributed by atoms with E-state index in [1.54, 1.807) is 41.2 Å². The van der Waals surface area contributed by atoms with Crippen molar-refractivity contribution in [3.63, 3.8) is 0 Å². The number of benzene rings is 2. The van der Waals surface area contributed by atoms with Crippen molar-refractivity contribution in [2.24, 2.45) is 0 Å². The van der Waals surface area contributed by atoms with Crippen LogP contribution in [0, 0.1) is 0 Å².